The van der Waals surface area contributed by atoms with Gasteiger partial charge in [0.05, 0.1) is 6.10 Å². The average Bonchev–Trinajstić information content (AvgIpc) is 2.33. The Morgan fingerprint density at radius 3 is 2.65 bits per heavy atom. The Morgan fingerprint density at radius 1 is 1.41 bits per heavy atom. The summed E-state index contributed by atoms with van der Waals surface area (Å²) in [4.78, 5) is 13.9. The van der Waals surface area contributed by atoms with Crippen molar-refractivity contribution in [2.45, 2.75) is 25.9 Å². The molecule has 0 spiro atoms. The first kappa shape index (κ1) is 11.9. The van der Waals surface area contributed by atoms with Gasteiger partial charge in [0.25, 0.3) is 5.91 Å². The van der Waals surface area contributed by atoms with Crippen LogP contribution in [0, 0.1) is 6.92 Å². The van der Waals surface area contributed by atoms with E-state index in [1.807, 2.05) is 13.0 Å². The summed E-state index contributed by atoms with van der Waals surface area (Å²) >= 11 is 0. The number of aryl methyl sites for hydroxylation is 1. The van der Waals surface area contributed by atoms with Gasteiger partial charge in [0.2, 0.25) is 0 Å². The monoisotopic (exact) mass is 234 g/mol. The normalized spacial score (nSPS) is 17.2. The number of benzene rings is 1. The van der Waals surface area contributed by atoms with Crippen LogP contribution in [0.25, 0.3) is 0 Å². The predicted molar refractivity (Wildman–Crippen MR) is 66.7 cm³/mol. The Hall–Kier alpha value is -1.55. The third-order valence-electron chi connectivity index (χ3n) is 3.28. The lowest BCUT2D eigenvalue weighted by atomic mass is 10.1. The number of carbonyl (C=O) groups is 1. The molecule has 1 fully saturated rings. The highest BCUT2D eigenvalue weighted by Crippen LogP contribution is 2.17. The molecular weight excluding hydrogens is 216 g/mol. The average molecular weight is 234 g/mol. The fraction of sp³-hybridized carbons (Fsp3) is 0.462. The topological polar surface area (TPSA) is 66.6 Å². The van der Waals surface area contributed by atoms with E-state index in [1.54, 1.807) is 17.0 Å². The van der Waals surface area contributed by atoms with Gasteiger partial charge < -0.3 is 15.7 Å². The molecule has 92 valence electrons. The molecule has 0 aliphatic carbocycles. The zero-order chi connectivity index (χ0) is 12.4. The molecule has 0 atom stereocenters. The van der Waals surface area contributed by atoms with Crippen molar-refractivity contribution in [3.8, 4) is 0 Å². The van der Waals surface area contributed by atoms with E-state index in [4.69, 9.17) is 5.73 Å². The number of nitrogen functional groups attached to an aromatic ring is 1. The van der Waals surface area contributed by atoms with Crippen LogP contribution in [-0.2, 0) is 0 Å². The molecule has 0 bridgehead atoms. The standard InChI is InChI=1S/C13H18N2O2/c1-9-2-3-10(8-12(9)14)13(17)15-6-4-11(16)5-7-15/h2-3,8,11,16H,4-7,14H2,1H3. The van der Waals surface area contributed by atoms with Crippen LogP contribution in [0.1, 0.15) is 28.8 Å². The summed E-state index contributed by atoms with van der Waals surface area (Å²) in [6.45, 7) is 3.16. The SMILES string of the molecule is Cc1ccc(C(=O)N2CCC(O)CC2)cc1N. The van der Waals surface area contributed by atoms with E-state index in [0.717, 1.165) is 5.56 Å². The Bertz CT molecular complexity index is 423. The lowest BCUT2D eigenvalue weighted by Crippen LogP contribution is -2.40. The number of carbonyl (C=O) groups excluding carboxylic acids is 1. The second-order valence-corrected chi connectivity index (χ2v) is 4.59. The Balaban J connectivity index is 2.11. The number of piperidine rings is 1. The summed E-state index contributed by atoms with van der Waals surface area (Å²) in [5.41, 5.74) is 8.06. The van der Waals surface area contributed by atoms with E-state index in [9.17, 15) is 9.90 Å². The first-order valence-corrected chi connectivity index (χ1v) is 5.91. The molecule has 2 rings (SSSR count). The number of nitrogens with two attached hydrogens (primary N) is 1. The van der Waals surface area contributed by atoms with Crippen molar-refractivity contribution < 1.29 is 9.90 Å². The lowest BCUT2D eigenvalue weighted by Gasteiger charge is -2.29. The molecule has 17 heavy (non-hydrogen) atoms. The van der Waals surface area contributed by atoms with Gasteiger partial charge in [-0.05, 0) is 37.5 Å². The Kier molecular flexibility index (Phi) is 3.33. The van der Waals surface area contributed by atoms with E-state index in [0.29, 0.717) is 37.2 Å². The summed E-state index contributed by atoms with van der Waals surface area (Å²) in [5.74, 6) is 0.00333. The van der Waals surface area contributed by atoms with Gasteiger partial charge in [-0.3, -0.25) is 4.79 Å². The molecule has 1 heterocycles. The molecule has 0 saturated carbocycles. The van der Waals surface area contributed by atoms with Crippen molar-refractivity contribution in [3.05, 3.63) is 29.3 Å². The summed E-state index contributed by atoms with van der Waals surface area (Å²) in [7, 11) is 0. The molecule has 1 amide bonds. The first-order chi connectivity index (χ1) is 8.08. The largest absolute Gasteiger partial charge is 0.398 e. The van der Waals surface area contributed by atoms with Gasteiger partial charge in [-0.15, -0.1) is 0 Å². The van der Waals surface area contributed by atoms with E-state index in [-0.39, 0.29) is 12.0 Å². The highest BCUT2D eigenvalue weighted by Gasteiger charge is 2.22. The summed E-state index contributed by atoms with van der Waals surface area (Å²) in [6.07, 6.45) is 1.06. The minimum atomic E-state index is -0.262. The van der Waals surface area contributed by atoms with Crippen molar-refractivity contribution in [2.75, 3.05) is 18.8 Å². The smallest absolute Gasteiger partial charge is 0.253 e. The zero-order valence-corrected chi connectivity index (χ0v) is 10.0. The maximum atomic E-state index is 12.2. The second-order valence-electron chi connectivity index (χ2n) is 4.59. The molecule has 0 aromatic heterocycles. The van der Waals surface area contributed by atoms with Crippen LogP contribution in [0.4, 0.5) is 5.69 Å². The van der Waals surface area contributed by atoms with Crippen LogP contribution >= 0.6 is 0 Å². The zero-order valence-electron chi connectivity index (χ0n) is 10.0. The van der Waals surface area contributed by atoms with Crippen LogP contribution in [0.15, 0.2) is 18.2 Å². The highest BCUT2D eigenvalue weighted by atomic mass is 16.3. The number of hydrogen-bond donors (Lipinski definition) is 2. The van der Waals surface area contributed by atoms with Crippen molar-refractivity contribution in [1.82, 2.24) is 4.90 Å². The van der Waals surface area contributed by atoms with Gasteiger partial charge in [0.1, 0.15) is 0 Å². The summed E-state index contributed by atoms with van der Waals surface area (Å²) < 4.78 is 0. The Labute approximate surface area is 101 Å². The number of likely N-dealkylation sites (tertiary alicyclic amines) is 1. The summed E-state index contributed by atoms with van der Waals surface area (Å²) in [5, 5.41) is 9.40. The fourth-order valence-corrected chi connectivity index (χ4v) is 2.03. The molecule has 1 aromatic carbocycles. The number of aliphatic hydroxyl groups is 1. The van der Waals surface area contributed by atoms with E-state index in [1.165, 1.54) is 0 Å². The molecule has 3 N–H and O–H groups in total. The van der Waals surface area contributed by atoms with Crippen LogP contribution < -0.4 is 5.73 Å². The molecule has 1 aromatic rings. The predicted octanol–water partition coefficient (Wildman–Crippen LogP) is 1.17. The first-order valence-electron chi connectivity index (χ1n) is 5.91. The second kappa shape index (κ2) is 4.75. The molecule has 4 nitrogen and oxygen atoms in total. The minimum absolute atomic E-state index is 0.00333. The molecule has 1 aliphatic heterocycles. The lowest BCUT2D eigenvalue weighted by molar-refractivity contribution is 0.0546. The van der Waals surface area contributed by atoms with Crippen LogP contribution in [0.2, 0.25) is 0 Å². The number of aliphatic hydroxyl groups excluding tert-OH is 1. The quantitative estimate of drug-likeness (QED) is 0.717. The number of anilines is 1. The highest BCUT2D eigenvalue weighted by molar-refractivity contribution is 5.95. The number of rotatable bonds is 1. The van der Waals surface area contributed by atoms with E-state index in [2.05, 4.69) is 0 Å². The van der Waals surface area contributed by atoms with Gasteiger partial charge >= 0.3 is 0 Å². The number of hydrogen-bond acceptors (Lipinski definition) is 3. The van der Waals surface area contributed by atoms with Gasteiger partial charge in [-0.2, -0.15) is 0 Å². The molecule has 1 saturated heterocycles. The maximum absolute atomic E-state index is 12.2. The van der Waals surface area contributed by atoms with Crippen LogP contribution in [-0.4, -0.2) is 35.1 Å². The van der Waals surface area contributed by atoms with Crippen LogP contribution in [0.3, 0.4) is 0 Å². The molecule has 0 unspecified atom stereocenters. The van der Waals surface area contributed by atoms with Gasteiger partial charge in [0, 0.05) is 24.3 Å². The Morgan fingerprint density at radius 2 is 2.06 bits per heavy atom. The molecular formula is C13H18N2O2. The van der Waals surface area contributed by atoms with Crippen molar-refractivity contribution in [3.63, 3.8) is 0 Å². The number of amides is 1. The van der Waals surface area contributed by atoms with E-state index >= 15 is 0 Å². The molecule has 4 heteroatoms. The van der Waals surface area contributed by atoms with Crippen molar-refractivity contribution >= 4 is 11.6 Å². The summed E-state index contributed by atoms with van der Waals surface area (Å²) in [6, 6.07) is 5.39. The minimum Gasteiger partial charge on any atom is -0.398 e. The third-order valence-corrected chi connectivity index (χ3v) is 3.28. The molecule has 0 radical (unpaired) electrons. The van der Waals surface area contributed by atoms with E-state index < -0.39 is 0 Å². The molecule has 1 aliphatic rings. The third kappa shape index (κ3) is 2.58. The van der Waals surface area contributed by atoms with Gasteiger partial charge in [-0.1, -0.05) is 6.07 Å². The maximum Gasteiger partial charge on any atom is 0.253 e. The number of nitrogens with zero attached hydrogens (tertiary/aromatic N) is 1. The van der Waals surface area contributed by atoms with Crippen molar-refractivity contribution in [1.29, 1.82) is 0 Å². The van der Waals surface area contributed by atoms with Gasteiger partial charge in [0.15, 0.2) is 0 Å². The fourth-order valence-electron chi connectivity index (χ4n) is 2.03. The van der Waals surface area contributed by atoms with Crippen molar-refractivity contribution in [2.24, 2.45) is 0 Å². The van der Waals surface area contributed by atoms with Gasteiger partial charge in [-0.25, -0.2) is 0 Å². The van der Waals surface area contributed by atoms with Crippen LogP contribution in [0.5, 0.6) is 0 Å².